The first-order valence-electron chi connectivity index (χ1n) is 8.29. The van der Waals surface area contributed by atoms with Crippen LogP contribution in [0.4, 0.5) is 0 Å². The molecule has 2 nitrogen and oxygen atoms in total. The van der Waals surface area contributed by atoms with Gasteiger partial charge in [0.05, 0.1) is 0 Å². The average molecular weight is 296 g/mol. The van der Waals surface area contributed by atoms with Crippen molar-refractivity contribution in [2.45, 2.75) is 50.9 Å². The van der Waals surface area contributed by atoms with E-state index >= 15 is 0 Å². The lowest BCUT2D eigenvalue weighted by atomic mass is 9.77. The molecule has 2 aromatic rings. The Balaban J connectivity index is 2.04. The van der Waals surface area contributed by atoms with Gasteiger partial charge in [0.25, 0.3) is 0 Å². The van der Waals surface area contributed by atoms with E-state index in [4.69, 9.17) is 0 Å². The summed E-state index contributed by atoms with van der Waals surface area (Å²) < 4.78 is 0. The van der Waals surface area contributed by atoms with Gasteiger partial charge >= 0.3 is 0 Å². The topological polar surface area (TPSA) is 40.5 Å². The van der Waals surface area contributed by atoms with Crippen molar-refractivity contribution in [2.24, 2.45) is 0 Å². The summed E-state index contributed by atoms with van der Waals surface area (Å²) in [6.07, 6.45) is 5.55. The molecular weight excluding hydrogens is 272 g/mol. The molecule has 2 N–H and O–H groups in total. The summed E-state index contributed by atoms with van der Waals surface area (Å²) in [7, 11) is 0. The first-order valence-corrected chi connectivity index (χ1v) is 8.29. The molecule has 2 heteroatoms. The minimum Gasteiger partial charge on any atom is -0.508 e. The zero-order chi connectivity index (χ0) is 15.5. The Morgan fingerprint density at radius 3 is 2.64 bits per heavy atom. The van der Waals surface area contributed by atoms with Crippen LogP contribution in [0.5, 0.6) is 11.5 Å². The van der Waals surface area contributed by atoms with Gasteiger partial charge in [-0.15, -0.1) is 0 Å². The second kappa shape index (κ2) is 6.43. The average Bonchev–Trinajstić information content (AvgIpc) is 2.67. The van der Waals surface area contributed by atoms with Crippen LogP contribution in [0.15, 0.2) is 42.5 Å². The van der Waals surface area contributed by atoms with Crippen LogP contribution in [-0.4, -0.2) is 10.2 Å². The zero-order valence-electron chi connectivity index (χ0n) is 13.1. The number of benzene rings is 2. The van der Waals surface area contributed by atoms with Gasteiger partial charge in [0.2, 0.25) is 0 Å². The quantitative estimate of drug-likeness (QED) is 0.773. The lowest BCUT2D eigenvalue weighted by Crippen LogP contribution is -2.11. The molecule has 0 saturated heterocycles. The lowest BCUT2D eigenvalue weighted by Gasteiger charge is -2.27. The van der Waals surface area contributed by atoms with E-state index in [-0.39, 0.29) is 0 Å². The summed E-state index contributed by atoms with van der Waals surface area (Å²) in [6.45, 7) is 2.23. The molecular formula is C20H24O2. The second-order valence-electron chi connectivity index (χ2n) is 6.37. The van der Waals surface area contributed by atoms with Gasteiger partial charge < -0.3 is 10.2 Å². The Labute approximate surface area is 132 Å². The maximum atomic E-state index is 9.83. The minimum atomic E-state index is 0.350. The normalized spacial score (nSPS) is 21.1. The predicted octanol–water partition coefficient (Wildman–Crippen LogP) is 5.10. The zero-order valence-corrected chi connectivity index (χ0v) is 13.1. The molecule has 3 rings (SSSR count). The largest absolute Gasteiger partial charge is 0.508 e. The number of phenolic OH excluding ortho intramolecular Hbond substituents is 2. The van der Waals surface area contributed by atoms with Crippen molar-refractivity contribution in [1.82, 2.24) is 0 Å². The van der Waals surface area contributed by atoms with Gasteiger partial charge in [0, 0.05) is 0 Å². The lowest BCUT2D eigenvalue weighted by molar-refractivity contribution is 0.459. The Kier molecular flexibility index (Phi) is 4.37. The van der Waals surface area contributed by atoms with Crippen molar-refractivity contribution in [3.8, 4) is 11.5 Å². The summed E-state index contributed by atoms with van der Waals surface area (Å²) in [5.41, 5.74) is 3.91. The second-order valence-corrected chi connectivity index (χ2v) is 6.37. The minimum absolute atomic E-state index is 0.350. The number of hydrogen-bond donors (Lipinski definition) is 2. The first-order chi connectivity index (χ1) is 10.7. The Hall–Kier alpha value is -1.96. The summed E-state index contributed by atoms with van der Waals surface area (Å²) >= 11 is 0. The van der Waals surface area contributed by atoms with Crippen LogP contribution in [0, 0.1) is 0 Å². The number of phenols is 2. The molecule has 1 aliphatic rings. The maximum absolute atomic E-state index is 9.83. The molecule has 0 spiro atoms. The highest BCUT2D eigenvalue weighted by molar-refractivity contribution is 5.41. The summed E-state index contributed by atoms with van der Waals surface area (Å²) in [4.78, 5) is 0. The molecule has 0 amide bonds. The van der Waals surface area contributed by atoms with Crippen LogP contribution in [0.3, 0.4) is 0 Å². The fraction of sp³-hybridized carbons (Fsp3) is 0.400. The van der Waals surface area contributed by atoms with Crippen molar-refractivity contribution >= 4 is 0 Å². The third-order valence-electron chi connectivity index (χ3n) is 4.87. The molecule has 0 heterocycles. The third kappa shape index (κ3) is 2.96. The van der Waals surface area contributed by atoms with Crippen LogP contribution in [0.1, 0.15) is 61.1 Å². The molecule has 2 aromatic carbocycles. The van der Waals surface area contributed by atoms with Gasteiger partial charge in [-0.05, 0) is 78.5 Å². The molecule has 0 aliphatic heterocycles. The number of aryl methyl sites for hydroxylation is 1. The van der Waals surface area contributed by atoms with E-state index in [0.29, 0.717) is 23.3 Å². The third-order valence-corrected chi connectivity index (χ3v) is 4.87. The van der Waals surface area contributed by atoms with Gasteiger partial charge in [-0.1, -0.05) is 31.5 Å². The van der Waals surface area contributed by atoms with Crippen molar-refractivity contribution in [3.63, 3.8) is 0 Å². The maximum Gasteiger partial charge on any atom is 0.115 e. The van der Waals surface area contributed by atoms with Crippen LogP contribution < -0.4 is 0 Å². The molecule has 116 valence electrons. The molecule has 2 unspecified atom stereocenters. The van der Waals surface area contributed by atoms with Crippen molar-refractivity contribution in [1.29, 1.82) is 0 Å². The van der Waals surface area contributed by atoms with E-state index in [9.17, 15) is 10.2 Å². The Morgan fingerprint density at radius 1 is 1.05 bits per heavy atom. The highest BCUT2D eigenvalue weighted by atomic mass is 16.3. The SMILES string of the molecule is CCCC1c2ccc(O)cc2CCCC1c1cccc(O)c1. The van der Waals surface area contributed by atoms with E-state index in [2.05, 4.69) is 19.1 Å². The molecule has 0 aromatic heterocycles. The van der Waals surface area contributed by atoms with Gasteiger partial charge in [0.15, 0.2) is 0 Å². The van der Waals surface area contributed by atoms with Gasteiger partial charge in [0.1, 0.15) is 11.5 Å². The van der Waals surface area contributed by atoms with Crippen molar-refractivity contribution in [2.75, 3.05) is 0 Å². The highest BCUT2D eigenvalue weighted by Gasteiger charge is 2.28. The summed E-state index contributed by atoms with van der Waals surface area (Å²) in [5.74, 6) is 1.62. The molecule has 1 aliphatic carbocycles. The molecule has 22 heavy (non-hydrogen) atoms. The summed E-state index contributed by atoms with van der Waals surface area (Å²) in [6, 6.07) is 13.6. The number of fused-ring (bicyclic) bond motifs is 1. The van der Waals surface area contributed by atoms with Crippen LogP contribution >= 0.6 is 0 Å². The van der Waals surface area contributed by atoms with Crippen LogP contribution in [0.2, 0.25) is 0 Å². The fourth-order valence-corrected chi connectivity index (χ4v) is 3.92. The fourth-order valence-electron chi connectivity index (χ4n) is 3.92. The standard InChI is InChI=1S/C20H24O2/c1-2-5-20-18(14-6-3-8-16(21)12-14)9-4-7-15-13-17(22)10-11-19(15)20/h3,6,8,10-13,18,20-22H,2,4-5,7,9H2,1H3. The van der Waals surface area contributed by atoms with Crippen molar-refractivity contribution < 1.29 is 10.2 Å². The van der Waals surface area contributed by atoms with E-state index in [1.165, 1.54) is 16.7 Å². The van der Waals surface area contributed by atoms with Gasteiger partial charge in [-0.25, -0.2) is 0 Å². The van der Waals surface area contributed by atoms with E-state index in [0.717, 1.165) is 32.1 Å². The first kappa shape index (κ1) is 15.0. The van der Waals surface area contributed by atoms with Gasteiger partial charge in [-0.2, -0.15) is 0 Å². The number of rotatable bonds is 3. The van der Waals surface area contributed by atoms with E-state index in [1.54, 1.807) is 6.07 Å². The molecule has 0 saturated carbocycles. The Bertz CT molecular complexity index is 648. The molecule has 0 fully saturated rings. The highest BCUT2D eigenvalue weighted by Crippen LogP contribution is 2.44. The predicted molar refractivity (Wildman–Crippen MR) is 89.5 cm³/mol. The number of aromatic hydroxyl groups is 2. The molecule has 2 atom stereocenters. The monoisotopic (exact) mass is 296 g/mol. The Morgan fingerprint density at radius 2 is 1.86 bits per heavy atom. The van der Waals surface area contributed by atoms with E-state index in [1.807, 2.05) is 24.3 Å². The van der Waals surface area contributed by atoms with E-state index < -0.39 is 0 Å². The van der Waals surface area contributed by atoms with Crippen LogP contribution in [0.25, 0.3) is 0 Å². The van der Waals surface area contributed by atoms with Gasteiger partial charge in [-0.3, -0.25) is 0 Å². The molecule has 0 radical (unpaired) electrons. The summed E-state index contributed by atoms with van der Waals surface area (Å²) in [5, 5.41) is 19.6. The van der Waals surface area contributed by atoms with Crippen LogP contribution in [-0.2, 0) is 6.42 Å². The van der Waals surface area contributed by atoms with Crippen molar-refractivity contribution in [3.05, 3.63) is 59.2 Å². The number of hydrogen-bond acceptors (Lipinski definition) is 2. The molecule has 0 bridgehead atoms. The smallest absolute Gasteiger partial charge is 0.115 e.